The van der Waals surface area contributed by atoms with Crippen molar-refractivity contribution >= 4 is 45.6 Å². The van der Waals surface area contributed by atoms with Gasteiger partial charge in [0.2, 0.25) is 0 Å². The summed E-state index contributed by atoms with van der Waals surface area (Å²) in [6, 6.07) is 34.5. The van der Waals surface area contributed by atoms with E-state index in [1.54, 1.807) is 51.8 Å². The summed E-state index contributed by atoms with van der Waals surface area (Å²) in [5.74, 6) is -1.70. The summed E-state index contributed by atoms with van der Waals surface area (Å²) in [4.78, 5) is 48.0. The predicted octanol–water partition coefficient (Wildman–Crippen LogP) is 13.1. The molecule has 0 aliphatic heterocycles. The number of ether oxygens (including phenoxy) is 2. The Hall–Kier alpha value is -8.32. The van der Waals surface area contributed by atoms with Crippen LogP contribution in [0.1, 0.15) is 140 Å². The van der Waals surface area contributed by atoms with Gasteiger partial charge in [-0.1, -0.05) is 100 Å². The first kappa shape index (κ1) is 59.9. The van der Waals surface area contributed by atoms with Gasteiger partial charge in [0.05, 0.1) is 53.5 Å². The van der Waals surface area contributed by atoms with Crippen molar-refractivity contribution in [3.8, 4) is 0 Å². The fourth-order valence-corrected chi connectivity index (χ4v) is 8.65. The largest absolute Gasteiger partial charge is 0.476 e. The summed E-state index contributed by atoms with van der Waals surface area (Å²) < 4.78 is 90.0. The van der Waals surface area contributed by atoms with Crippen LogP contribution >= 0.6 is 0 Å². The molecule has 0 unspecified atom stereocenters. The Morgan fingerprint density at radius 3 is 1.29 bits per heavy atom. The van der Waals surface area contributed by atoms with Crippen molar-refractivity contribution in [1.29, 1.82) is 0 Å². The van der Waals surface area contributed by atoms with Gasteiger partial charge in [0, 0.05) is 29.9 Å². The molecule has 6 aromatic carbocycles. The maximum atomic E-state index is 13.5. The lowest BCUT2D eigenvalue weighted by Crippen LogP contribution is -2.27. The number of carboxylic acids is 1. The summed E-state index contributed by atoms with van der Waals surface area (Å²) in [5, 5.41) is 22.7. The quantitative estimate of drug-likeness (QED) is 0.0660. The van der Waals surface area contributed by atoms with E-state index >= 15 is 0 Å². The number of amides is 1. The Morgan fingerprint density at radius 2 is 0.937 bits per heavy atom. The Balaban J connectivity index is 0.000000217. The molecular formula is C60H62F6N6O7. The monoisotopic (exact) mass is 1090 g/mol. The maximum Gasteiger partial charge on any atom is 0.416 e. The average molecular weight is 1090 g/mol. The number of carbonyl (C=O) groups is 4. The second-order valence-electron chi connectivity index (χ2n) is 19.7. The molecule has 0 saturated carbocycles. The summed E-state index contributed by atoms with van der Waals surface area (Å²) >= 11 is 0. The molecule has 8 rings (SSSR count). The third kappa shape index (κ3) is 15.5. The van der Waals surface area contributed by atoms with Gasteiger partial charge in [0.25, 0.3) is 5.91 Å². The lowest BCUT2D eigenvalue weighted by Gasteiger charge is -2.14. The first-order valence-corrected chi connectivity index (χ1v) is 25.2. The van der Waals surface area contributed by atoms with Crippen molar-refractivity contribution in [3.05, 3.63) is 200 Å². The fraction of sp³-hybridized carbons (Fsp3) is 0.300. The van der Waals surface area contributed by atoms with E-state index in [1.807, 2.05) is 70.2 Å². The van der Waals surface area contributed by atoms with Gasteiger partial charge in [-0.2, -0.15) is 36.5 Å². The molecule has 2 aromatic heterocycles. The molecule has 8 aromatic rings. The minimum Gasteiger partial charge on any atom is -0.476 e. The fourth-order valence-electron chi connectivity index (χ4n) is 8.65. The Morgan fingerprint density at radius 1 is 0.557 bits per heavy atom. The van der Waals surface area contributed by atoms with Crippen LogP contribution in [0.4, 0.5) is 26.3 Å². The number of fused-ring (bicyclic) bond motifs is 2. The number of hydrogen-bond donors (Lipinski definition) is 3. The molecule has 0 radical (unpaired) electrons. The van der Waals surface area contributed by atoms with Crippen molar-refractivity contribution in [2.24, 2.45) is 17.6 Å². The van der Waals surface area contributed by atoms with Crippen LogP contribution < -0.4 is 11.1 Å². The molecule has 0 aliphatic carbocycles. The van der Waals surface area contributed by atoms with E-state index < -0.39 is 35.4 Å². The smallest absolute Gasteiger partial charge is 0.416 e. The number of methoxy groups -OCH3 is 2. The molecule has 13 nitrogen and oxygen atoms in total. The summed E-state index contributed by atoms with van der Waals surface area (Å²) in [5.41, 5.74) is 11.6. The van der Waals surface area contributed by atoms with Gasteiger partial charge in [-0.05, 0) is 133 Å². The topological polar surface area (TPSA) is 181 Å². The number of aromatic carboxylic acids is 1. The highest BCUT2D eigenvalue weighted by Crippen LogP contribution is 2.33. The van der Waals surface area contributed by atoms with E-state index in [0.717, 1.165) is 52.0 Å². The zero-order valence-corrected chi connectivity index (χ0v) is 44.9. The van der Waals surface area contributed by atoms with E-state index in [2.05, 4.69) is 34.1 Å². The van der Waals surface area contributed by atoms with Gasteiger partial charge >= 0.3 is 30.3 Å². The van der Waals surface area contributed by atoms with Crippen molar-refractivity contribution in [2.75, 3.05) is 14.2 Å². The highest BCUT2D eigenvalue weighted by molar-refractivity contribution is 6.06. The van der Waals surface area contributed by atoms with Crippen LogP contribution in [0.3, 0.4) is 0 Å². The number of rotatable bonds is 15. The van der Waals surface area contributed by atoms with E-state index in [-0.39, 0.29) is 47.2 Å². The number of nitrogens with one attached hydrogen (secondary N) is 1. The summed E-state index contributed by atoms with van der Waals surface area (Å²) in [6.07, 6.45) is -8.12. The first-order chi connectivity index (χ1) is 37.3. The summed E-state index contributed by atoms with van der Waals surface area (Å²) in [6.45, 7) is 13.0. The van der Waals surface area contributed by atoms with Gasteiger partial charge in [0.1, 0.15) is 0 Å². The molecule has 1 amide bonds. The number of nitrogens with zero attached hydrogens (tertiary/aromatic N) is 4. The Kier molecular flexibility index (Phi) is 19.6. The lowest BCUT2D eigenvalue weighted by atomic mass is 9.98. The minimum atomic E-state index is -4.40. The van der Waals surface area contributed by atoms with Gasteiger partial charge in [-0.3, -0.25) is 14.2 Å². The third-order valence-electron chi connectivity index (χ3n) is 12.6. The molecule has 2 heterocycles. The number of nitrogens with two attached hydrogens (primary N) is 1. The second-order valence-corrected chi connectivity index (χ2v) is 19.7. The molecule has 2 atom stereocenters. The standard InChI is InChI=1S/C30H30F3N3O3.C20H19F3N2O2.C10H13NO2/c1-18(2)17-36-25-7-5-6-23(16-20-8-14-24(15-9-20)30(31,32)33)26(25)27(35-36)28(37)34-19(3)21-10-12-22(13-11-21)29(38)39-4;1-12(2)11-25-16-5-3-4-14(17(16)18(24-25)19(26)27)10-13-6-8-15(9-7-13)20(21,22)23;1-7(11)8-3-5-9(6-4-8)10(12)13-2/h5-15,18-19H,16-17H2,1-4H3,(H,34,37);3-9,12H,10-11H2,1-2H3,(H,26,27);3-7H,11H2,1-2H3/t19-;;7-/m0.0/s1. The van der Waals surface area contributed by atoms with E-state index in [9.17, 15) is 50.6 Å². The molecule has 416 valence electrons. The molecule has 79 heavy (non-hydrogen) atoms. The van der Waals surface area contributed by atoms with Crippen LogP contribution in [0.5, 0.6) is 0 Å². The molecule has 19 heteroatoms. The molecule has 0 bridgehead atoms. The zero-order valence-electron chi connectivity index (χ0n) is 44.9. The van der Waals surface area contributed by atoms with Crippen LogP contribution in [0.15, 0.2) is 133 Å². The van der Waals surface area contributed by atoms with Crippen LogP contribution in [-0.4, -0.2) is 62.7 Å². The number of halogens is 6. The lowest BCUT2D eigenvalue weighted by molar-refractivity contribution is -0.138. The number of carboxylic acid groups (broad SMARTS) is 1. The molecule has 0 saturated heterocycles. The third-order valence-corrected chi connectivity index (χ3v) is 12.6. The number of aromatic nitrogens is 4. The zero-order chi connectivity index (χ0) is 57.9. The predicted molar refractivity (Wildman–Crippen MR) is 289 cm³/mol. The van der Waals surface area contributed by atoms with Crippen molar-refractivity contribution in [3.63, 3.8) is 0 Å². The van der Waals surface area contributed by atoms with Crippen LogP contribution in [0, 0.1) is 11.8 Å². The first-order valence-electron chi connectivity index (χ1n) is 25.2. The maximum absolute atomic E-state index is 13.5. The highest BCUT2D eigenvalue weighted by atomic mass is 19.4. The van der Waals surface area contributed by atoms with E-state index in [4.69, 9.17) is 10.5 Å². The molecule has 4 N–H and O–H groups in total. The molecule has 0 fully saturated rings. The highest BCUT2D eigenvalue weighted by Gasteiger charge is 2.31. The Bertz CT molecular complexity index is 3380. The molecule has 0 spiro atoms. The number of hydrogen-bond acceptors (Lipinski definition) is 9. The Labute approximate surface area is 453 Å². The summed E-state index contributed by atoms with van der Waals surface area (Å²) in [7, 11) is 2.68. The minimum absolute atomic E-state index is 0.00769. The van der Waals surface area contributed by atoms with Crippen LogP contribution in [0.2, 0.25) is 0 Å². The normalized spacial score (nSPS) is 12.3. The number of carbonyl (C=O) groups excluding carboxylic acids is 3. The molecular weight excluding hydrogens is 1030 g/mol. The average Bonchev–Trinajstić information content (AvgIpc) is 4.21. The van der Waals surface area contributed by atoms with Crippen LogP contribution in [-0.2, 0) is 47.8 Å². The van der Waals surface area contributed by atoms with Gasteiger partial charge < -0.3 is 25.6 Å². The van der Waals surface area contributed by atoms with Gasteiger partial charge in [0.15, 0.2) is 11.4 Å². The van der Waals surface area contributed by atoms with E-state index in [1.165, 1.54) is 38.5 Å². The van der Waals surface area contributed by atoms with Gasteiger partial charge in [-0.15, -0.1) is 0 Å². The second kappa shape index (κ2) is 25.9. The van der Waals surface area contributed by atoms with E-state index in [0.29, 0.717) is 64.5 Å². The SMILES string of the molecule is CC(C)Cn1nc(C(=O)O)c2c(Cc3ccc(C(F)(F)F)cc3)cccc21.COC(=O)c1ccc([C@H](C)N)cc1.COC(=O)c1ccc([C@H](C)NC(=O)c2nn(CC(C)C)c3cccc(Cc4ccc(C(F)(F)F)cc4)c23)cc1. The van der Waals surface area contributed by atoms with Crippen LogP contribution in [0.25, 0.3) is 21.8 Å². The van der Waals surface area contributed by atoms with Gasteiger partial charge in [-0.25, -0.2) is 14.4 Å². The van der Waals surface area contributed by atoms with Crippen molar-refractivity contribution in [1.82, 2.24) is 24.9 Å². The van der Waals surface area contributed by atoms with Crippen molar-refractivity contribution < 1.29 is 60.1 Å². The number of alkyl halides is 6. The molecule has 0 aliphatic rings. The number of benzene rings is 6. The van der Waals surface area contributed by atoms with Crippen molar-refractivity contribution in [2.45, 2.75) is 91.9 Å². The number of esters is 2.